The minimum Gasteiger partial charge on any atom is -0.394 e. The van der Waals surface area contributed by atoms with Crippen LogP contribution in [0.5, 0.6) is 0 Å². The van der Waals surface area contributed by atoms with Crippen molar-refractivity contribution >= 4 is 0 Å². The normalized spacial score (nSPS) is 53.9. The molecule has 9 fully saturated rings. The molecule has 548 valence electrons. The Morgan fingerprint density at radius 1 is 0.223 bits per heavy atom. The Morgan fingerprint density at radius 2 is 0.500 bits per heavy atom. The topological polar surface area (TPSA) is 683 Å². The van der Waals surface area contributed by atoms with Crippen LogP contribution in [0.15, 0.2) is 0 Å². The van der Waals surface area contributed by atoms with Gasteiger partial charge in [-0.25, -0.2) is 0 Å². The molecule has 42 unspecified atom stereocenters. The maximum atomic E-state index is 12.1. The quantitative estimate of drug-likeness (QED) is 0.0479. The average Bonchev–Trinajstić information content (AvgIpc) is 0.782. The second-order valence-electron chi connectivity index (χ2n) is 24.0. The van der Waals surface area contributed by atoms with Gasteiger partial charge in [0.25, 0.3) is 0 Å². The molecule has 94 heavy (non-hydrogen) atoms. The van der Waals surface area contributed by atoms with E-state index < -0.39 is 318 Å². The summed E-state index contributed by atoms with van der Waals surface area (Å²) in [6.07, 6.45) is -84.5. The van der Waals surface area contributed by atoms with Gasteiger partial charge >= 0.3 is 0 Å². The van der Waals surface area contributed by atoms with Crippen LogP contribution in [0.4, 0.5) is 0 Å². The predicted octanol–water partition coefficient (Wildman–Crippen LogP) is -18.7. The maximum absolute atomic E-state index is 12.1. The van der Waals surface area contributed by atoms with Crippen molar-refractivity contribution in [2.24, 2.45) is 0 Å². The highest BCUT2D eigenvalue weighted by atomic mass is 16.8. The van der Waals surface area contributed by atoms with Gasteiger partial charge in [-0.3, -0.25) is 0 Å². The van der Waals surface area contributed by atoms with Crippen molar-refractivity contribution in [2.75, 3.05) is 59.5 Å². The summed E-state index contributed by atoms with van der Waals surface area (Å²) >= 11 is 0. The molecule has 0 aromatic heterocycles. The summed E-state index contributed by atoms with van der Waals surface area (Å²) in [5, 5.41) is 280. The van der Waals surface area contributed by atoms with Gasteiger partial charge in [0.1, 0.15) is 201 Å². The first-order chi connectivity index (χ1) is 44.5. The molecule has 9 aliphatic heterocycles. The molecule has 43 heteroatoms. The Labute approximate surface area is 530 Å². The number of hydrogen-bond donors (Lipinski definition) is 26. The van der Waals surface area contributed by atoms with Gasteiger partial charge in [-0.05, 0) is 0 Å². The molecule has 0 aliphatic carbocycles. The highest BCUT2D eigenvalue weighted by Gasteiger charge is 2.58. The van der Waals surface area contributed by atoms with E-state index in [1.165, 1.54) is 0 Å². The van der Waals surface area contributed by atoms with Crippen LogP contribution < -0.4 is 0 Å². The molecule has 0 spiro atoms. The lowest BCUT2D eigenvalue weighted by molar-refractivity contribution is -0.397. The van der Waals surface area contributed by atoms with E-state index in [-0.39, 0.29) is 0 Å². The Hall–Kier alpha value is -1.72. The van der Waals surface area contributed by atoms with E-state index >= 15 is 0 Å². The van der Waals surface area contributed by atoms with E-state index in [1.807, 2.05) is 0 Å². The summed E-state index contributed by atoms with van der Waals surface area (Å²) in [5.41, 5.74) is 0. The van der Waals surface area contributed by atoms with Crippen LogP contribution in [0.2, 0.25) is 0 Å². The summed E-state index contributed by atoms with van der Waals surface area (Å²) in [6.45, 7) is -7.83. The van der Waals surface area contributed by atoms with Gasteiger partial charge in [-0.2, -0.15) is 0 Å². The van der Waals surface area contributed by atoms with E-state index in [4.69, 9.17) is 80.5 Å². The van der Waals surface area contributed by atoms with Crippen LogP contribution in [-0.4, -0.2) is 450 Å². The predicted molar refractivity (Wildman–Crippen MR) is 279 cm³/mol. The molecule has 0 aromatic rings. The zero-order valence-electron chi connectivity index (χ0n) is 49.2. The molecular formula is C51H86O43. The van der Waals surface area contributed by atoms with Gasteiger partial charge in [-0.15, -0.1) is 0 Å². The lowest BCUT2D eigenvalue weighted by atomic mass is 9.95. The molecule has 0 bridgehead atoms. The summed E-state index contributed by atoms with van der Waals surface area (Å²) in [7, 11) is 0. The number of rotatable bonds is 22. The molecule has 0 radical (unpaired) electrons. The summed E-state index contributed by atoms with van der Waals surface area (Å²) in [6, 6.07) is 0. The first-order valence-electron chi connectivity index (χ1n) is 29.9. The van der Waals surface area contributed by atoms with E-state index in [0.717, 1.165) is 0 Å². The van der Waals surface area contributed by atoms with Crippen molar-refractivity contribution < 1.29 is 213 Å². The number of ether oxygens (including phenoxy) is 17. The van der Waals surface area contributed by atoms with Gasteiger partial charge in [-0.1, -0.05) is 0 Å². The fraction of sp³-hybridized carbons (Fsp3) is 1.00. The smallest absolute Gasteiger partial charge is 0.187 e. The van der Waals surface area contributed by atoms with Gasteiger partial charge in [0.05, 0.1) is 59.5 Å². The van der Waals surface area contributed by atoms with Crippen LogP contribution in [0.1, 0.15) is 0 Å². The Bertz CT molecular complexity index is 2290. The van der Waals surface area contributed by atoms with E-state index in [0.29, 0.717) is 0 Å². The zero-order valence-corrected chi connectivity index (χ0v) is 49.2. The average molecular weight is 1390 g/mol. The molecule has 43 nitrogen and oxygen atoms in total. The van der Waals surface area contributed by atoms with Crippen LogP contribution >= 0.6 is 0 Å². The Morgan fingerprint density at radius 3 is 0.894 bits per heavy atom. The Balaban J connectivity index is 1.00. The highest BCUT2D eigenvalue weighted by Crippen LogP contribution is 2.38. The van der Waals surface area contributed by atoms with Crippen molar-refractivity contribution in [3.8, 4) is 0 Å². The number of aliphatic hydroxyl groups is 26. The van der Waals surface area contributed by atoms with E-state index in [9.17, 15) is 133 Å². The fourth-order valence-electron chi connectivity index (χ4n) is 11.8. The third-order valence-electron chi connectivity index (χ3n) is 17.5. The van der Waals surface area contributed by atoms with Crippen LogP contribution in [0, 0.1) is 0 Å². The van der Waals surface area contributed by atoms with Gasteiger partial charge in [0.2, 0.25) is 0 Å². The third kappa shape index (κ3) is 16.3. The van der Waals surface area contributed by atoms with Gasteiger partial charge in [0, 0.05) is 0 Å². The highest BCUT2D eigenvalue weighted by molar-refractivity contribution is 5.00. The molecule has 42 atom stereocenters. The van der Waals surface area contributed by atoms with E-state index in [2.05, 4.69) is 0 Å². The third-order valence-corrected chi connectivity index (χ3v) is 17.5. The molecule has 9 saturated heterocycles. The first-order valence-corrected chi connectivity index (χ1v) is 29.9. The molecule has 26 N–H and O–H groups in total. The summed E-state index contributed by atoms with van der Waals surface area (Å²) in [4.78, 5) is 0. The lowest BCUT2D eigenvalue weighted by Gasteiger charge is -2.49. The second-order valence-corrected chi connectivity index (χ2v) is 24.0. The number of hydrogen-bond acceptors (Lipinski definition) is 43. The van der Waals surface area contributed by atoms with Gasteiger partial charge in [0.15, 0.2) is 56.6 Å². The summed E-state index contributed by atoms with van der Waals surface area (Å²) in [5.74, 6) is 0. The minimum atomic E-state index is -2.48. The largest absolute Gasteiger partial charge is 0.394 e. The van der Waals surface area contributed by atoms with Crippen LogP contribution in [-0.2, 0) is 80.5 Å². The fourth-order valence-corrected chi connectivity index (χ4v) is 11.8. The summed E-state index contributed by atoms with van der Waals surface area (Å²) < 4.78 is 97.1. The number of aliphatic hydroxyl groups excluding tert-OH is 26. The van der Waals surface area contributed by atoms with Crippen molar-refractivity contribution in [1.29, 1.82) is 0 Å². The molecule has 0 aromatic carbocycles. The van der Waals surface area contributed by atoms with Crippen molar-refractivity contribution in [1.82, 2.24) is 0 Å². The molecule has 0 saturated carbocycles. The molecule has 0 amide bonds. The first kappa shape index (κ1) is 76.5. The monoisotopic (exact) mass is 1390 g/mol. The molecule has 9 heterocycles. The second kappa shape index (κ2) is 32.9. The van der Waals surface area contributed by atoms with Crippen molar-refractivity contribution in [3.05, 3.63) is 0 Å². The van der Waals surface area contributed by atoms with Crippen LogP contribution in [0.25, 0.3) is 0 Å². The van der Waals surface area contributed by atoms with Crippen molar-refractivity contribution in [2.45, 2.75) is 258 Å². The maximum Gasteiger partial charge on any atom is 0.187 e. The Kier molecular flexibility index (Phi) is 26.8. The SMILES string of the molecule is OCC1OC(OC2C(OCC3OC(OC4C(COC5OCC(O)C(O)C5OC5OC(CO)C(O)C(O)C5O)OC(OC5C(CO)OC(O)C(O)C5O)C(O)C4O)C(O)C(O)C3OC3OC(COC4OCC(O)C(O)C4O)C(O)C(O)C3O)OCC(O)C2O)C(O)C(O)C1O. The zero-order chi connectivity index (χ0) is 68.6. The molecule has 9 rings (SSSR count). The lowest BCUT2D eigenvalue weighted by Crippen LogP contribution is -2.68. The van der Waals surface area contributed by atoms with E-state index in [1.54, 1.807) is 0 Å². The molecular weight excluding hydrogens is 1300 g/mol. The molecule has 9 aliphatic rings. The van der Waals surface area contributed by atoms with Crippen LogP contribution in [0.3, 0.4) is 0 Å². The minimum absolute atomic E-state index is 0.534. The van der Waals surface area contributed by atoms with Crippen molar-refractivity contribution in [3.63, 3.8) is 0 Å². The standard InChI is InChI=1S/C51H86O43/c52-1-13-22(61)25(64)33(72)45(85-13)93-41-20(59)11(56)5-79-50(41)82-8-17-39(91-47-35(74)27(66)24(63)16(87-47)7-81-44-32(71)19(58)10(55)4-78-44)30(69)37(76)49(89-17)92-40-18(88-48(36(75)29(40)68)90-38-15(3-54)84-43(77)31(70)28(38)67)9-83-51-42(21(60)12(57)6-80-51)94-46-34(73)26(65)23(62)14(2-53)86-46/h10-77H,1-9H2. The van der Waals surface area contributed by atoms with Gasteiger partial charge < -0.3 is 213 Å².